The Hall–Kier alpha value is -3.21. The van der Waals surface area contributed by atoms with E-state index < -0.39 is 27.3 Å². The monoisotopic (exact) mass is 488 g/mol. The smallest absolute Gasteiger partial charge is 0.275 e. The number of aromatic amines is 1. The standard InChI is InChI=1S/C22H21ClN4O5S/c23-15-6-9-19-17(12-15)20(28)18(13-24-19)22(30)26-25-21(29)14-4-7-16(8-5-14)33(31,32)27-10-2-1-3-11-27/h4-9,12-13H,1-3,10-11H2,(H,24,28)(H,25,29)(H,26,30). The summed E-state index contributed by atoms with van der Waals surface area (Å²) in [6.07, 6.45) is 3.91. The van der Waals surface area contributed by atoms with Crippen LogP contribution < -0.4 is 16.3 Å². The summed E-state index contributed by atoms with van der Waals surface area (Å²) >= 11 is 5.93. The fraction of sp³-hybridized carbons (Fsp3) is 0.227. The van der Waals surface area contributed by atoms with Gasteiger partial charge >= 0.3 is 0 Å². The molecule has 172 valence electrons. The first kappa shape index (κ1) is 23.0. The SMILES string of the molecule is O=C(NNC(=O)c1c[nH]c2ccc(Cl)cc2c1=O)c1ccc(S(=O)(=O)N2CCCCC2)cc1. The highest BCUT2D eigenvalue weighted by molar-refractivity contribution is 7.89. The topological polar surface area (TPSA) is 128 Å². The average Bonchev–Trinajstić information content (AvgIpc) is 2.83. The number of pyridine rings is 1. The molecule has 0 radical (unpaired) electrons. The van der Waals surface area contributed by atoms with Gasteiger partial charge in [0.25, 0.3) is 11.8 Å². The Bertz CT molecular complexity index is 1380. The summed E-state index contributed by atoms with van der Waals surface area (Å²) in [6, 6.07) is 10.1. The van der Waals surface area contributed by atoms with Gasteiger partial charge in [0.1, 0.15) is 5.56 Å². The number of carbonyl (C=O) groups is 2. The van der Waals surface area contributed by atoms with Crippen LogP contribution in [0.15, 0.2) is 58.4 Å². The van der Waals surface area contributed by atoms with Gasteiger partial charge < -0.3 is 4.98 Å². The van der Waals surface area contributed by atoms with Crippen molar-refractivity contribution < 1.29 is 18.0 Å². The fourth-order valence-electron chi connectivity index (χ4n) is 3.65. The molecule has 0 unspecified atom stereocenters. The number of halogens is 1. The maximum absolute atomic E-state index is 12.7. The van der Waals surface area contributed by atoms with Gasteiger partial charge in [0, 0.05) is 40.8 Å². The number of H-pyrrole nitrogens is 1. The van der Waals surface area contributed by atoms with E-state index in [1.807, 2.05) is 0 Å². The third-order valence-corrected chi connectivity index (χ3v) is 7.59. The van der Waals surface area contributed by atoms with E-state index >= 15 is 0 Å². The maximum Gasteiger partial charge on any atom is 0.275 e. The number of benzene rings is 2. The summed E-state index contributed by atoms with van der Waals surface area (Å²) in [5.41, 5.74) is 4.35. The normalized spacial score (nSPS) is 14.7. The Labute approximate surface area is 194 Å². The molecule has 33 heavy (non-hydrogen) atoms. The van der Waals surface area contributed by atoms with Crippen LogP contribution in [0.5, 0.6) is 0 Å². The molecular weight excluding hydrogens is 468 g/mol. The van der Waals surface area contributed by atoms with Gasteiger partial charge in [-0.3, -0.25) is 25.2 Å². The van der Waals surface area contributed by atoms with Crippen molar-refractivity contribution in [2.75, 3.05) is 13.1 Å². The second-order valence-corrected chi connectivity index (χ2v) is 9.99. The number of carbonyl (C=O) groups excluding carboxylic acids is 2. The molecule has 1 aliphatic heterocycles. The minimum absolute atomic E-state index is 0.103. The second-order valence-electron chi connectivity index (χ2n) is 7.62. The molecule has 2 amide bonds. The van der Waals surface area contributed by atoms with Crippen LogP contribution in [0.4, 0.5) is 0 Å². The molecule has 0 bridgehead atoms. The molecule has 0 spiro atoms. The summed E-state index contributed by atoms with van der Waals surface area (Å²) < 4.78 is 26.9. The van der Waals surface area contributed by atoms with Gasteiger partial charge in [0.05, 0.1) is 4.90 Å². The Morgan fingerprint density at radius 1 is 0.939 bits per heavy atom. The Kier molecular flexibility index (Phi) is 6.50. The summed E-state index contributed by atoms with van der Waals surface area (Å²) in [4.78, 5) is 40.4. The van der Waals surface area contributed by atoms with Crippen LogP contribution in [0.1, 0.15) is 40.0 Å². The Morgan fingerprint density at radius 2 is 1.61 bits per heavy atom. The van der Waals surface area contributed by atoms with Crippen LogP contribution in [-0.4, -0.2) is 42.6 Å². The van der Waals surface area contributed by atoms with Crippen molar-refractivity contribution in [3.05, 3.63) is 75.0 Å². The molecule has 0 atom stereocenters. The van der Waals surface area contributed by atoms with Crippen molar-refractivity contribution in [3.63, 3.8) is 0 Å². The molecule has 2 heterocycles. The lowest BCUT2D eigenvalue weighted by Crippen LogP contribution is -2.43. The van der Waals surface area contributed by atoms with Crippen molar-refractivity contribution in [2.24, 2.45) is 0 Å². The lowest BCUT2D eigenvalue weighted by Gasteiger charge is -2.25. The number of hydrazine groups is 1. The number of nitrogens with one attached hydrogen (secondary N) is 3. The third kappa shape index (κ3) is 4.77. The third-order valence-electron chi connectivity index (χ3n) is 5.45. The zero-order chi connectivity index (χ0) is 23.6. The summed E-state index contributed by atoms with van der Waals surface area (Å²) in [5.74, 6) is -1.47. The van der Waals surface area contributed by atoms with E-state index in [9.17, 15) is 22.8 Å². The Balaban J connectivity index is 1.44. The van der Waals surface area contributed by atoms with E-state index in [2.05, 4.69) is 15.8 Å². The molecule has 9 nitrogen and oxygen atoms in total. The van der Waals surface area contributed by atoms with Gasteiger partial charge in [0.2, 0.25) is 15.5 Å². The van der Waals surface area contributed by atoms with Gasteiger partial charge in [-0.15, -0.1) is 0 Å². The second kappa shape index (κ2) is 9.34. The molecule has 1 saturated heterocycles. The van der Waals surface area contributed by atoms with E-state index in [0.29, 0.717) is 23.6 Å². The molecule has 0 saturated carbocycles. The number of amides is 2. The predicted molar refractivity (Wildman–Crippen MR) is 124 cm³/mol. The highest BCUT2D eigenvalue weighted by Gasteiger charge is 2.26. The first-order valence-electron chi connectivity index (χ1n) is 10.3. The molecule has 1 aliphatic rings. The number of hydrogen-bond donors (Lipinski definition) is 3. The van der Waals surface area contributed by atoms with E-state index in [0.717, 1.165) is 19.3 Å². The van der Waals surface area contributed by atoms with E-state index in [-0.39, 0.29) is 21.4 Å². The molecule has 1 fully saturated rings. The van der Waals surface area contributed by atoms with Crippen LogP contribution in [0, 0.1) is 0 Å². The quantitative estimate of drug-likeness (QED) is 0.486. The number of rotatable bonds is 4. The van der Waals surface area contributed by atoms with Gasteiger partial charge in [-0.2, -0.15) is 4.31 Å². The fourth-order valence-corrected chi connectivity index (χ4v) is 5.33. The van der Waals surface area contributed by atoms with Gasteiger partial charge in [-0.25, -0.2) is 8.42 Å². The van der Waals surface area contributed by atoms with Gasteiger partial charge in [-0.1, -0.05) is 18.0 Å². The molecular formula is C22H21ClN4O5S. The van der Waals surface area contributed by atoms with Crippen molar-refractivity contribution in [3.8, 4) is 0 Å². The van der Waals surface area contributed by atoms with Crippen molar-refractivity contribution in [1.82, 2.24) is 20.1 Å². The van der Waals surface area contributed by atoms with Gasteiger partial charge in [0.15, 0.2) is 0 Å². The minimum atomic E-state index is -3.61. The maximum atomic E-state index is 12.7. The molecule has 11 heteroatoms. The van der Waals surface area contributed by atoms with E-state index in [1.165, 1.54) is 40.8 Å². The highest BCUT2D eigenvalue weighted by atomic mass is 35.5. The van der Waals surface area contributed by atoms with Gasteiger partial charge in [-0.05, 0) is 55.3 Å². The largest absolute Gasteiger partial charge is 0.360 e. The molecule has 0 aliphatic carbocycles. The lowest BCUT2D eigenvalue weighted by atomic mass is 10.1. The molecule has 3 aromatic rings. The molecule has 2 aromatic carbocycles. The van der Waals surface area contributed by atoms with Crippen molar-refractivity contribution >= 4 is 44.3 Å². The number of fused-ring (bicyclic) bond motifs is 1. The predicted octanol–water partition coefficient (Wildman–Crippen LogP) is 2.43. The molecule has 1 aromatic heterocycles. The van der Waals surface area contributed by atoms with Crippen molar-refractivity contribution in [1.29, 1.82) is 0 Å². The van der Waals surface area contributed by atoms with Crippen LogP contribution in [0.2, 0.25) is 5.02 Å². The van der Waals surface area contributed by atoms with Crippen LogP contribution in [-0.2, 0) is 10.0 Å². The minimum Gasteiger partial charge on any atom is -0.360 e. The summed E-state index contributed by atoms with van der Waals surface area (Å²) in [7, 11) is -3.61. The highest BCUT2D eigenvalue weighted by Crippen LogP contribution is 2.21. The van der Waals surface area contributed by atoms with E-state index in [1.54, 1.807) is 12.1 Å². The number of aromatic nitrogens is 1. The van der Waals surface area contributed by atoms with Crippen LogP contribution in [0.3, 0.4) is 0 Å². The number of sulfonamides is 1. The molecule has 3 N–H and O–H groups in total. The summed E-state index contributed by atoms with van der Waals surface area (Å²) in [6.45, 7) is 0.966. The number of nitrogens with zero attached hydrogens (tertiary/aromatic N) is 1. The van der Waals surface area contributed by atoms with Crippen molar-refractivity contribution in [2.45, 2.75) is 24.2 Å². The van der Waals surface area contributed by atoms with Crippen LogP contribution >= 0.6 is 11.6 Å². The number of hydrogen-bond acceptors (Lipinski definition) is 5. The first-order chi connectivity index (χ1) is 15.8. The lowest BCUT2D eigenvalue weighted by molar-refractivity contribution is 0.0846. The average molecular weight is 489 g/mol. The van der Waals surface area contributed by atoms with E-state index in [4.69, 9.17) is 11.6 Å². The number of piperidine rings is 1. The Morgan fingerprint density at radius 3 is 2.30 bits per heavy atom. The zero-order valence-electron chi connectivity index (χ0n) is 17.4. The summed E-state index contributed by atoms with van der Waals surface area (Å²) in [5, 5.41) is 0.594. The molecule has 4 rings (SSSR count). The van der Waals surface area contributed by atoms with Crippen LogP contribution in [0.25, 0.3) is 10.9 Å². The first-order valence-corrected chi connectivity index (χ1v) is 12.1. The zero-order valence-corrected chi connectivity index (χ0v) is 19.0.